The Labute approximate surface area is 136 Å². The summed E-state index contributed by atoms with van der Waals surface area (Å²) in [6, 6.07) is 11.4. The molecular weight excluding hydrogens is 324 g/mol. The molecule has 2 aromatic rings. The van der Waals surface area contributed by atoms with E-state index in [1.807, 2.05) is 6.07 Å². The fraction of sp³-hybridized carbons (Fsp3) is 0.143. The zero-order valence-corrected chi connectivity index (χ0v) is 13.9. The van der Waals surface area contributed by atoms with E-state index in [0.29, 0.717) is 11.4 Å². The average Bonchev–Trinajstić information content (AvgIpc) is 2.46. The van der Waals surface area contributed by atoms with Crippen LogP contribution in [0.1, 0.15) is 0 Å². The van der Waals surface area contributed by atoms with Crippen LogP contribution in [0.15, 0.2) is 47.4 Å². The van der Waals surface area contributed by atoms with Crippen molar-refractivity contribution in [3.05, 3.63) is 42.5 Å². The molecule has 22 heavy (non-hydrogen) atoms. The predicted octanol–water partition coefficient (Wildman–Crippen LogP) is 2.57. The maximum absolute atomic E-state index is 12.3. The minimum absolute atomic E-state index is 0. The van der Waals surface area contributed by atoms with Crippen LogP contribution in [0.5, 0.6) is 0 Å². The van der Waals surface area contributed by atoms with Gasteiger partial charge in [0.25, 0.3) is 10.0 Å². The van der Waals surface area contributed by atoms with Crippen molar-refractivity contribution in [2.24, 2.45) is 0 Å². The number of anilines is 4. The summed E-state index contributed by atoms with van der Waals surface area (Å²) in [6.07, 6.45) is 0. The molecule has 0 aliphatic carbocycles. The lowest BCUT2D eigenvalue weighted by molar-refractivity contribution is 0.601. The standard InChI is InChI=1S/C14H18N4O2S.ClH/c1-16-11-7-12(17-2)9-13(8-11)18-21(19,20)14-5-3-10(15)4-6-14;/h3-9,16-18H,15H2,1-2H3;1H. The van der Waals surface area contributed by atoms with Crippen LogP contribution in [-0.4, -0.2) is 22.5 Å². The van der Waals surface area contributed by atoms with Crippen molar-refractivity contribution in [1.82, 2.24) is 0 Å². The van der Waals surface area contributed by atoms with Gasteiger partial charge in [-0.25, -0.2) is 8.42 Å². The molecule has 0 unspecified atom stereocenters. The first-order valence-electron chi connectivity index (χ1n) is 6.33. The SMILES string of the molecule is CNc1cc(NC)cc(NS(=O)(=O)c2ccc(N)cc2)c1.Cl. The van der Waals surface area contributed by atoms with Crippen molar-refractivity contribution in [3.63, 3.8) is 0 Å². The highest BCUT2D eigenvalue weighted by Gasteiger charge is 2.14. The fourth-order valence-electron chi connectivity index (χ4n) is 1.84. The lowest BCUT2D eigenvalue weighted by Crippen LogP contribution is -2.13. The summed E-state index contributed by atoms with van der Waals surface area (Å²) in [7, 11) is -0.0994. The van der Waals surface area contributed by atoms with E-state index in [4.69, 9.17) is 5.73 Å². The van der Waals surface area contributed by atoms with Gasteiger partial charge in [-0.2, -0.15) is 0 Å². The third kappa shape index (κ3) is 4.19. The van der Waals surface area contributed by atoms with E-state index in [1.165, 1.54) is 12.1 Å². The van der Waals surface area contributed by atoms with E-state index >= 15 is 0 Å². The third-order valence-electron chi connectivity index (χ3n) is 2.95. The second kappa shape index (κ2) is 7.24. The van der Waals surface area contributed by atoms with Gasteiger partial charge in [0, 0.05) is 31.2 Å². The second-order valence-electron chi connectivity index (χ2n) is 4.47. The van der Waals surface area contributed by atoms with Gasteiger partial charge in [-0.05, 0) is 42.5 Å². The Morgan fingerprint density at radius 3 is 1.77 bits per heavy atom. The van der Waals surface area contributed by atoms with Crippen molar-refractivity contribution >= 4 is 45.2 Å². The number of nitrogens with one attached hydrogen (secondary N) is 3. The molecule has 120 valence electrons. The highest BCUT2D eigenvalue weighted by molar-refractivity contribution is 7.92. The molecule has 0 fully saturated rings. The lowest BCUT2D eigenvalue weighted by Gasteiger charge is -2.12. The smallest absolute Gasteiger partial charge is 0.261 e. The lowest BCUT2D eigenvalue weighted by atomic mass is 10.2. The first-order valence-corrected chi connectivity index (χ1v) is 7.82. The van der Waals surface area contributed by atoms with Crippen LogP contribution in [0.3, 0.4) is 0 Å². The van der Waals surface area contributed by atoms with E-state index < -0.39 is 10.0 Å². The summed E-state index contributed by atoms with van der Waals surface area (Å²) < 4.78 is 27.2. The Morgan fingerprint density at radius 1 is 0.864 bits per heavy atom. The third-order valence-corrected chi connectivity index (χ3v) is 4.35. The zero-order valence-electron chi connectivity index (χ0n) is 12.3. The van der Waals surface area contributed by atoms with Gasteiger partial charge in [0.1, 0.15) is 0 Å². The van der Waals surface area contributed by atoms with Crippen LogP contribution in [-0.2, 0) is 10.0 Å². The monoisotopic (exact) mass is 342 g/mol. The number of hydrogen-bond acceptors (Lipinski definition) is 5. The fourth-order valence-corrected chi connectivity index (χ4v) is 2.88. The predicted molar refractivity (Wildman–Crippen MR) is 94.4 cm³/mol. The van der Waals surface area contributed by atoms with Crippen molar-refractivity contribution in [1.29, 1.82) is 0 Å². The van der Waals surface area contributed by atoms with Crippen molar-refractivity contribution < 1.29 is 8.42 Å². The van der Waals surface area contributed by atoms with Crippen LogP contribution in [0.2, 0.25) is 0 Å². The van der Waals surface area contributed by atoms with E-state index in [0.717, 1.165) is 11.4 Å². The van der Waals surface area contributed by atoms with Crippen LogP contribution in [0.4, 0.5) is 22.7 Å². The Kier molecular flexibility index (Phi) is 5.90. The average molecular weight is 343 g/mol. The second-order valence-corrected chi connectivity index (χ2v) is 6.16. The molecule has 0 radical (unpaired) electrons. The molecule has 0 amide bonds. The molecule has 2 rings (SSSR count). The van der Waals surface area contributed by atoms with E-state index in [-0.39, 0.29) is 17.3 Å². The van der Waals surface area contributed by atoms with Crippen LogP contribution in [0, 0.1) is 0 Å². The number of halogens is 1. The minimum atomic E-state index is -3.64. The molecule has 0 spiro atoms. The summed E-state index contributed by atoms with van der Waals surface area (Å²) in [5.41, 5.74) is 8.16. The van der Waals surface area contributed by atoms with Gasteiger partial charge in [0.2, 0.25) is 0 Å². The van der Waals surface area contributed by atoms with E-state index in [9.17, 15) is 8.42 Å². The highest BCUT2D eigenvalue weighted by atomic mass is 35.5. The van der Waals surface area contributed by atoms with Crippen LogP contribution >= 0.6 is 12.4 Å². The van der Waals surface area contributed by atoms with Crippen LogP contribution in [0.25, 0.3) is 0 Å². The van der Waals surface area contributed by atoms with Gasteiger partial charge < -0.3 is 16.4 Å². The van der Waals surface area contributed by atoms with Crippen molar-refractivity contribution in [3.8, 4) is 0 Å². The maximum Gasteiger partial charge on any atom is 0.261 e. The van der Waals surface area contributed by atoms with Gasteiger partial charge in [-0.15, -0.1) is 12.4 Å². The first-order chi connectivity index (χ1) is 9.94. The highest BCUT2D eigenvalue weighted by Crippen LogP contribution is 2.24. The molecule has 0 aromatic heterocycles. The molecule has 0 saturated heterocycles. The normalized spacial score (nSPS) is 10.5. The van der Waals surface area contributed by atoms with Gasteiger partial charge in [-0.3, -0.25) is 4.72 Å². The molecular formula is C14H19ClN4O2S. The van der Waals surface area contributed by atoms with Crippen molar-refractivity contribution in [2.45, 2.75) is 4.90 Å². The van der Waals surface area contributed by atoms with Gasteiger partial charge >= 0.3 is 0 Å². The van der Waals surface area contributed by atoms with E-state index in [2.05, 4.69) is 15.4 Å². The van der Waals surface area contributed by atoms with Gasteiger partial charge in [0.15, 0.2) is 0 Å². The summed E-state index contributed by atoms with van der Waals surface area (Å²) in [5, 5.41) is 5.97. The number of hydrogen-bond donors (Lipinski definition) is 4. The molecule has 6 nitrogen and oxygen atoms in total. The number of benzene rings is 2. The zero-order chi connectivity index (χ0) is 15.5. The summed E-state index contributed by atoms with van der Waals surface area (Å²) >= 11 is 0. The number of nitrogen functional groups attached to an aromatic ring is 1. The number of sulfonamides is 1. The van der Waals surface area contributed by atoms with Gasteiger partial charge in [-0.1, -0.05) is 0 Å². The molecule has 0 aliphatic rings. The quantitative estimate of drug-likeness (QED) is 0.626. The molecule has 0 saturated carbocycles. The minimum Gasteiger partial charge on any atom is -0.399 e. The van der Waals surface area contributed by atoms with E-state index in [1.54, 1.807) is 38.4 Å². The maximum atomic E-state index is 12.3. The summed E-state index contributed by atoms with van der Waals surface area (Å²) in [4.78, 5) is 0.164. The largest absolute Gasteiger partial charge is 0.399 e. The Balaban J connectivity index is 0.00000242. The number of nitrogens with two attached hydrogens (primary N) is 1. The molecule has 0 aliphatic heterocycles. The molecule has 2 aromatic carbocycles. The Bertz CT molecular complexity index is 711. The summed E-state index contributed by atoms with van der Waals surface area (Å²) in [5.74, 6) is 0. The molecule has 8 heteroatoms. The summed E-state index contributed by atoms with van der Waals surface area (Å²) in [6.45, 7) is 0. The Hall–Kier alpha value is -2.12. The Morgan fingerprint density at radius 2 is 1.32 bits per heavy atom. The number of rotatable bonds is 5. The molecule has 0 bridgehead atoms. The molecule has 5 N–H and O–H groups in total. The van der Waals surface area contributed by atoms with Crippen molar-refractivity contribution in [2.75, 3.05) is 35.2 Å². The molecule has 0 heterocycles. The first kappa shape index (κ1) is 17.9. The topological polar surface area (TPSA) is 96.2 Å². The van der Waals surface area contributed by atoms with Gasteiger partial charge in [0.05, 0.1) is 10.6 Å². The van der Waals surface area contributed by atoms with Crippen LogP contribution < -0.4 is 21.1 Å². The molecule has 0 atom stereocenters.